The van der Waals surface area contributed by atoms with Gasteiger partial charge in [0.15, 0.2) is 0 Å². The van der Waals surface area contributed by atoms with Crippen molar-refractivity contribution < 1.29 is 13.5 Å². The largest absolute Gasteiger partial charge is 0.399 e. The highest BCUT2D eigenvalue weighted by Crippen LogP contribution is 2.22. The summed E-state index contributed by atoms with van der Waals surface area (Å²) in [6.45, 7) is 3.67. The zero-order valence-electron chi connectivity index (χ0n) is 15.8. The van der Waals surface area contributed by atoms with E-state index in [9.17, 15) is 13.5 Å². The monoisotopic (exact) mass is 391 g/mol. The van der Waals surface area contributed by atoms with Crippen LogP contribution in [0.2, 0.25) is 0 Å². The Bertz CT molecular complexity index is 810. The van der Waals surface area contributed by atoms with E-state index in [1.54, 1.807) is 12.1 Å². The topological polar surface area (TPSA) is 110 Å². The first-order chi connectivity index (χ1) is 12.8. The Morgan fingerprint density at radius 3 is 2.22 bits per heavy atom. The predicted octanol–water partition coefficient (Wildman–Crippen LogP) is 1.99. The van der Waals surface area contributed by atoms with Crippen molar-refractivity contribution in [2.24, 2.45) is 5.73 Å². The van der Waals surface area contributed by atoms with Gasteiger partial charge in [0.1, 0.15) is 0 Å². The van der Waals surface area contributed by atoms with Crippen molar-refractivity contribution in [3.63, 3.8) is 0 Å². The molecule has 3 atom stereocenters. The minimum absolute atomic E-state index is 0.0598. The number of rotatable bonds is 9. The molecule has 0 fully saturated rings. The zero-order valence-corrected chi connectivity index (χ0v) is 16.6. The van der Waals surface area contributed by atoms with Crippen molar-refractivity contribution in [3.05, 3.63) is 60.2 Å². The molecule has 5 N–H and O–H groups in total. The SMILES string of the molecule is CCC(C)N(C[C@@H](O)[C@@H](N)Cc1ccccc1)S(=O)(=O)c1ccc(N)cc1. The fraction of sp³-hybridized carbons (Fsp3) is 0.400. The Morgan fingerprint density at radius 2 is 1.67 bits per heavy atom. The minimum atomic E-state index is -3.77. The molecule has 0 aliphatic rings. The predicted molar refractivity (Wildman–Crippen MR) is 109 cm³/mol. The molecule has 0 aliphatic heterocycles. The van der Waals surface area contributed by atoms with Crippen LogP contribution < -0.4 is 11.5 Å². The molecule has 1 unspecified atom stereocenters. The van der Waals surface area contributed by atoms with E-state index in [2.05, 4.69) is 0 Å². The summed E-state index contributed by atoms with van der Waals surface area (Å²) in [5, 5.41) is 10.6. The Morgan fingerprint density at radius 1 is 1.07 bits per heavy atom. The Kier molecular flexibility index (Phi) is 7.38. The van der Waals surface area contributed by atoms with Crippen LogP contribution in [0.4, 0.5) is 5.69 Å². The van der Waals surface area contributed by atoms with Gasteiger partial charge in [-0.3, -0.25) is 0 Å². The summed E-state index contributed by atoms with van der Waals surface area (Å²) >= 11 is 0. The van der Waals surface area contributed by atoms with Gasteiger partial charge in [-0.15, -0.1) is 0 Å². The molecule has 0 bridgehead atoms. The van der Waals surface area contributed by atoms with Crippen LogP contribution in [0.15, 0.2) is 59.5 Å². The number of anilines is 1. The molecule has 0 saturated heterocycles. The molecule has 27 heavy (non-hydrogen) atoms. The standard InChI is InChI=1S/C20H29N3O3S/c1-3-15(2)23(27(25,26)18-11-9-17(21)10-12-18)14-20(24)19(22)13-16-7-5-4-6-8-16/h4-12,15,19-20,24H,3,13-14,21-22H2,1-2H3/t15?,19-,20+/m0/s1. The Balaban J connectivity index is 2.19. The third-order valence-corrected chi connectivity index (χ3v) is 6.74. The van der Waals surface area contributed by atoms with E-state index in [-0.39, 0.29) is 17.5 Å². The molecule has 0 aliphatic carbocycles. The lowest BCUT2D eigenvalue weighted by Crippen LogP contribution is -2.49. The van der Waals surface area contributed by atoms with Crippen LogP contribution in [-0.2, 0) is 16.4 Å². The second kappa shape index (κ2) is 9.32. The summed E-state index contributed by atoms with van der Waals surface area (Å²) in [7, 11) is -3.77. The minimum Gasteiger partial charge on any atom is -0.399 e. The van der Waals surface area contributed by atoms with E-state index in [4.69, 9.17) is 11.5 Å². The summed E-state index contributed by atoms with van der Waals surface area (Å²) in [6, 6.07) is 14.8. The van der Waals surface area contributed by atoms with Gasteiger partial charge in [0.05, 0.1) is 11.0 Å². The lowest BCUT2D eigenvalue weighted by Gasteiger charge is -2.31. The highest BCUT2D eigenvalue weighted by atomic mass is 32.2. The molecule has 2 aromatic rings. The van der Waals surface area contributed by atoms with Crippen molar-refractivity contribution in [2.45, 2.75) is 49.8 Å². The normalized spacial score (nSPS) is 15.4. The van der Waals surface area contributed by atoms with Crippen molar-refractivity contribution >= 4 is 15.7 Å². The summed E-state index contributed by atoms with van der Waals surface area (Å²) in [4.78, 5) is 0.154. The number of hydrogen-bond donors (Lipinski definition) is 3. The summed E-state index contributed by atoms with van der Waals surface area (Å²) < 4.78 is 27.5. The van der Waals surface area contributed by atoms with E-state index in [1.165, 1.54) is 16.4 Å². The molecule has 7 heteroatoms. The van der Waals surface area contributed by atoms with Crippen LogP contribution >= 0.6 is 0 Å². The number of hydrogen-bond acceptors (Lipinski definition) is 5. The summed E-state index contributed by atoms with van der Waals surface area (Å²) in [5.74, 6) is 0. The number of nitrogens with two attached hydrogens (primary N) is 2. The molecule has 2 aromatic carbocycles. The molecule has 0 radical (unpaired) electrons. The highest BCUT2D eigenvalue weighted by molar-refractivity contribution is 7.89. The van der Waals surface area contributed by atoms with Gasteiger partial charge in [-0.05, 0) is 49.6 Å². The lowest BCUT2D eigenvalue weighted by atomic mass is 10.0. The fourth-order valence-electron chi connectivity index (χ4n) is 2.84. The van der Waals surface area contributed by atoms with E-state index < -0.39 is 22.2 Å². The van der Waals surface area contributed by atoms with Crippen molar-refractivity contribution in [1.29, 1.82) is 0 Å². The quantitative estimate of drug-likeness (QED) is 0.566. The van der Waals surface area contributed by atoms with Crippen molar-refractivity contribution in [2.75, 3.05) is 12.3 Å². The van der Waals surface area contributed by atoms with Crippen molar-refractivity contribution in [3.8, 4) is 0 Å². The first kappa shape index (κ1) is 21.4. The molecule has 0 spiro atoms. The van der Waals surface area contributed by atoms with Crippen molar-refractivity contribution in [1.82, 2.24) is 4.31 Å². The molecular weight excluding hydrogens is 362 g/mol. The third-order valence-electron chi connectivity index (χ3n) is 4.74. The van der Waals surface area contributed by atoms with Gasteiger partial charge in [-0.2, -0.15) is 4.31 Å². The molecule has 0 amide bonds. The van der Waals surface area contributed by atoms with Gasteiger partial charge in [-0.25, -0.2) is 8.42 Å². The molecule has 0 heterocycles. The molecule has 148 valence electrons. The number of benzene rings is 2. The second-order valence-electron chi connectivity index (χ2n) is 6.82. The van der Waals surface area contributed by atoms with Crippen LogP contribution in [0, 0.1) is 0 Å². The van der Waals surface area contributed by atoms with Crippen LogP contribution in [-0.4, -0.2) is 42.6 Å². The number of aliphatic hydroxyl groups is 1. The smallest absolute Gasteiger partial charge is 0.243 e. The number of nitrogens with zero attached hydrogens (tertiary/aromatic N) is 1. The summed E-state index contributed by atoms with van der Waals surface area (Å²) in [6.07, 6.45) is 0.107. The van der Waals surface area contributed by atoms with Gasteiger partial charge in [-0.1, -0.05) is 37.3 Å². The number of aliphatic hydroxyl groups excluding tert-OH is 1. The average molecular weight is 392 g/mol. The average Bonchev–Trinajstić information content (AvgIpc) is 2.66. The number of nitrogen functional groups attached to an aromatic ring is 1. The number of sulfonamides is 1. The van der Waals surface area contributed by atoms with Crippen LogP contribution in [0.3, 0.4) is 0 Å². The Hall–Kier alpha value is -1.93. The maximum absolute atomic E-state index is 13.1. The summed E-state index contributed by atoms with van der Waals surface area (Å²) in [5.41, 5.74) is 13.3. The van der Waals surface area contributed by atoms with Crippen LogP contribution in [0.5, 0.6) is 0 Å². The molecular formula is C20H29N3O3S. The molecule has 6 nitrogen and oxygen atoms in total. The lowest BCUT2D eigenvalue weighted by molar-refractivity contribution is 0.109. The molecule has 0 aromatic heterocycles. The molecule has 0 saturated carbocycles. The van der Waals surface area contributed by atoms with E-state index in [1.807, 2.05) is 44.2 Å². The van der Waals surface area contributed by atoms with Gasteiger partial charge in [0.2, 0.25) is 10.0 Å². The Labute approximate surface area is 161 Å². The first-order valence-corrected chi connectivity index (χ1v) is 10.5. The van der Waals surface area contributed by atoms with Gasteiger partial charge in [0, 0.05) is 24.3 Å². The molecule has 2 rings (SSSR count). The van der Waals surface area contributed by atoms with Gasteiger partial charge >= 0.3 is 0 Å². The highest BCUT2D eigenvalue weighted by Gasteiger charge is 2.31. The maximum Gasteiger partial charge on any atom is 0.243 e. The zero-order chi connectivity index (χ0) is 20.0. The van der Waals surface area contributed by atoms with E-state index in [0.717, 1.165) is 5.56 Å². The van der Waals surface area contributed by atoms with E-state index in [0.29, 0.717) is 18.5 Å². The van der Waals surface area contributed by atoms with Crippen LogP contribution in [0.1, 0.15) is 25.8 Å². The fourth-order valence-corrected chi connectivity index (χ4v) is 4.56. The van der Waals surface area contributed by atoms with Crippen LogP contribution in [0.25, 0.3) is 0 Å². The first-order valence-electron chi connectivity index (χ1n) is 9.10. The van der Waals surface area contributed by atoms with Gasteiger partial charge in [0.25, 0.3) is 0 Å². The van der Waals surface area contributed by atoms with E-state index >= 15 is 0 Å². The van der Waals surface area contributed by atoms with Gasteiger partial charge < -0.3 is 16.6 Å². The third kappa shape index (κ3) is 5.52. The second-order valence-corrected chi connectivity index (χ2v) is 8.71. The maximum atomic E-state index is 13.1.